The van der Waals surface area contributed by atoms with E-state index < -0.39 is 0 Å². The normalized spacial score (nSPS) is 10.3. The Labute approximate surface area is 87.7 Å². The van der Waals surface area contributed by atoms with E-state index in [2.05, 4.69) is 0 Å². The number of ketones is 1. The Bertz CT molecular complexity index is 361. The van der Waals surface area contributed by atoms with Gasteiger partial charge >= 0.3 is 0 Å². The summed E-state index contributed by atoms with van der Waals surface area (Å²) in [7, 11) is 0. The monoisotopic (exact) mass is 212 g/mol. The van der Waals surface area contributed by atoms with Crippen LogP contribution in [0.2, 0.25) is 0 Å². The third-order valence-corrected chi connectivity index (χ3v) is 2.82. The summed E-state index contributed by atoms with van der Waals surface area (Å²) in [6, 6.07) is 3.24. The van der Waals surface area contributed by atoms with Gasteiger partial charge in [-0.25, -0.2) is 4.39 Å². The van der Waals surface area contributed by atoms with Gasteiger partial charge in [0.1, 0.15) is 5.82 Å². The second-order valence-corrected chi connectivity index (χ2v) is 3.93. The van der Waals surface area contributed by atoms with Crippen molar-refractivity contribution in [2.45, 2.75) is 25.2 Å². The highest BCUT2D eigenvalue weighted by Crippen LogP contribution is 2.24. The molecule has 0 atom stereocenters. The van der Waals surface area contributed by atoms with Crippen molar-refractivity contribution in [2.24, 2.45) is 0 Å². The molecule has 0 aliphatic carbocycles. The standard InChI is InChI=1S/C11H13FOS/c1-4-9(13)8-5-7(2)11(12)10(6-8)14-3/h5-6H,4H2,1-3H3. The summed E-state index contributed by atoms with van der Waals surface area (Å²) < 4.78 is 13.4. The topological polar surface area (TPSA) is 17.1 Å². The molecular weight excluding hydrogens is 199 g/mol. The number of carbonyl (C=O) groups is 1. The van der Waals surface area contributed by atoms with E-state index in [9.17, 15) is 9.18 Å². The number of rotatable bonds is 3. The molecule has 0 aliphatic rings. The van der Waals surface area contributed by atoms with Crippen molar-refractivity contribution in [1.82, 2.24) is 0 Å². The molecule has 0 aliphatic heterocycles. The van der Waals surface area contributed by atoms with Crippen LogP contribution in [-0.2, 0) is 0 Å². The van der Waals surface area contributed by atoms with Crippen molar-refractivity contribution >= 4 is 17.5 Å². The van der Waals surface area contributed by atoms with E-state index in [0.717, 1.165) is 0 Å². The van der Waals surface area contributed by atoms with E-state index in [4.69, 9.17) is 0 Å². The number of hydrogen-bond donors (Lipinski definition) is 0. The molecule has 1 rings (SSSR count). The lowest BCUT2D eigenvalue weighted by Crippen LogP contribution is -1.99. The van der Waals surface area contributed by atoms with Gasteiger partial charge in [-0.3, -0.25) is 4.79 Å². The molecule has 0 heterocycles. The van der Waals surface area contributed by atoms with E-state index in [1.165, 1.54) is 11.8 Å². The lowest BCUT2D eigenvalue weighted by molar-refractivity contribution is 0.0988. The van der Waals surface area contributed by atoms with Crippen LogP contribution in [0.3, 0.4) is 0 Å². The molecule has 14 heavy (non-hydrogen) atoms. The zero-order valence-electron chi connectivity index (χ0n) is 8.56. The highest BCUT2D eigenvalue weighted by molar-refractivity contribution is 7.98. The maximum atomic E-state index is 13.4. The van der Waals surface area contributed by atoms with E-state index in [1.54, 1.807) is 32.2 Å². The molecule has 1 aromatic carbocycles. The quantitative estimate of drug-likeness (QED) is 0.564. The average Bonchev–Trinajstić information content (AvgIpc) is 2.20. The van der Waals surface area contributed by atoms with E-state index >= 15 is 0 Å². The second kappa shape index (κ2) is 4.60. The van der Waals surface area contributed by atoms with Crippen LogP contribution >= 0.6 is 11.8 Å². The first-order chi connectivity index (χ1) is 6.60. The Morgan fingerprint density at radius 1 is 1.50 bits per heavy atom. The number of carbonyl (C=O) groups excluding carboxylic acids is 1. The molecule has 0 unspecified atom stereocenters. The predicted molar refractivity (Wildman–Crippen MR) is 57.5 cm³/mol. The first-order valence-corrected chi connectivity index (χ1v) is 5.70. The maximum absolute atomic E-state index is 13.4. The van der Waals surface area contributed by atoms with Gasteiger partial charge in [-0.1, -0.05) is 6.92 Å². The van der Waals surface area contributed by atoms with E-state index in [0.29, 0.717) is 22.4 Å². The highest BCUT2D eigenvalue weighted by Gasteiger charge is 2.10. The average molecular weight is 212 g/mol. The van der Waals surface area contributed by atoms with E-state index in [1.807, 2.05) is 0 Å². The van der Waals surface area contributed by atoms with Gasteiger partial charge in [0.25, 0.3) is 0 Å². The lowest BCUT2D eigenvalue weighted by Gasteiger charge is -2.06. The summed E-state index contributed by atoms with van der Waals surface area (Å²) in [4.78, 5) is 12.0. The zero-order valence-corrected chi connectivity index (χ0v) is 9.37. The van der Waals surface area contributed by atoms with Crippen LogP contribution in [-0.4, -0.2) is 12.0 Å². The van der Waals surface area contributed by atoms with Crippen LogP contribution in [0.1, 0.15) is 29.3 Å². The molecule has 0 bridgehead atoms. The third kappa shape index (κ3) is 2.15. The molecule has 76 valence electrons. The molecule has 3 heteroatoms. The van der Waals surface area contributed by atoms with Gasteiger partial charge in [-0.15, -0.1) is 11.8 Å². The van der Waals surface area contributed by atoms with Crippen LogP contribution < -0.4 is 0 Å². The van der Waals surface area contributed by atoms with Crippen molar-refractivity contribution in [1.29, 1.82) is 0 Å². The fourth-order valence-electron chi connectivity index (χ4n) is 1.25. The van der Waals surface area contributed by atoms with Gasteiger partial charge in [-0.05, 0) is 30.9 Å². The molecule has 0 spiro atoms. The SMILES string of the molecule is CCC(=O)c1cc(C)c(F)c(SC)c1. The fraction of sp³-hybridized carbons (Fsp3) is 0.364. The molecule has 0 saturated carbocycles. The molecule has 0 fully saturated rings. The predicted octanol–water partition coefficient (Wildman–Crippen LogP) is 3.45. The van der Waals surface area contributed by atoms with Crippen molar-refractivity contribution in [3.05, 3.63) is 29.1 Å². The molecule has 0 radical (unpaired) electrons. The highest BCUT2D eigenvalue weighted by atomic mass is 32.2. The first-order valence-electron chi connectivity index (χ1n) is 4.47. The molecule has 0 aromatic heterocycles. The Kier molecular flexibility index (Phi) is 3.69. The molecule has 0 N–H and O–H groups in total. The Morgan fingerprint density at radius 3 is 2.64 bits per heavy atom. The minimum atomic E-state index is -0.217. The van der Waals surface area contributed by atoms with Gasteiger partial charge in [0, 0.05) is 16.9 Å². The van der Waals surface area contributed by atoms with Crippen molar-refractivity contribution in [3.63, 3.8) is 0 Å². The molecular formula is C11H13FOS. The number of thioether (sulfide) groups is 1. The minimum absolute atomic E-state index is 0.0587. The van der Waals surface area contributed by atoms with Crippen LogP contribution in [0, 0.1) is 12.7 Å². The summed E-state index contributed by atoms with van der Waals surface area (Å²) in [5.41, 5.74) is 1.14. The largest absolute Gasteiger partial charge is 0.294 e. The fourth-order valence-corrected chi connectivity index (χ4v) is 1.84. The van der Waals surface area contributed by atoms with Gasteiger partial charge in [0.2, 0.25) is 0 Å². The van der Waals surface area contributed by atoms with Crippen LogP contribution in [0.15, 0.2) is 17.0 Å². The number of Topliss-reactive ketones (excluding diaryl/α,β-unsaturated/α-hetero) is 1. The first kappa shape index (κ1) is 11.2. The van der Waals surface area contributed by atoms with Crippen LogP contribution in [0.4, 0.5) is 4.39 Å². The molecule has 0 saturated heterocycles. The minimum Gasteiger partial charge on any atom is -0.294 e. The van der Waals surface area contributed by atoms with Crippen molar-refractivity contribution < 1.29 is 9.18 Å². The van der Waals surface area contributed by atoms with Crippen LogP contribution in [0.25, 0.3) is 0 Å². The molecule has 1 nitrogen and oxygen atoms in total. The number of aryl methyl sites for hydroxylation is 1. The Morgan fingerprint density at radius 2 is 2.14 bits per heavy atom. The summed E-state index contributed by atoms with van der Waals surface area (Å²) in [5.74, 6) is -0.159. The Hall–Kier alpha value is -0.830. The lowest BCUT2D eigenvalue weighted by atomic mass is 10.1. The van der Waals surface area contributed by atoms with Gasteiger partial charge in [0.15, 0.2) is 5.78 Å². The summed E-state index contributed by atoms with van der Waals surface area (Å²) in [5, 5.41) is 0. The van der Waals surface area contributed by atoms with E-state index in [-0.39, 0.29) is 11.6 Å². The smallest absolute Gasteiger partial charge is 0.162 e. The second-order valence-electron chi connectivity index (χ2n) is 3.09. The van der Waals surface area contributed by atoms with Crippen molar-refractivity contribution in [2.75, 3.05) is 6.26 Å². The summed E-state index contributed by atoms with van der Waals surface area (Å²) in [6.07, 6.45) is 2.26. The molecule has 0 amide bonds. The number of hydrogen-bond acceptors (Lipinski definition) is 2. The van der Waals surface area contributed by atoms with Gasteiger partial charge < -0.3 is 0 Å². The third-order valence-electron chi connectivity index (χ3n) is 2.08. The van der Waals surface area contributed by atoms with Crippen molar-refractivity contribution in [3.8, 4) is 0 Å². The van der Waals surface area contributed by atoms with Crippen LogP contribution in [0.5, 0.6) is 0 Å². The number of benzene rings is 1. The zero-order chi connectivity index (χ0) is 10.7. The summed E-state index contributed by atoms with van der Waals surface area (Å²) in [6.45, 7) is 3.49. The number of halogens is 1. The molecule has 1 aromatic rings. The Balaban J connectivity index is 3.22. The maximum Gasteiger partial charge on any atom is 0.162 e. The van der Waals surface area contributed by atoms with Gasteiger partial charge in [0.05, 0.1) is 0 Å². The van der Waals surface area contributed by atoms with Gasteiger partial charge in [-0.2, -0.15) is 0 Å². The summed E-state index contributed by atoms with van der Waals surface area (Å²) >= 11 is 1.32.